The molecule has 0 amide bonds. The molecule has 1 rings (SSSR count). The fraction of sp³-hybridized carbons (Fsp3) is 0.538. The van der Waals surface area contributed by atoms with Gasteiger partial charge in [-0.2, -0.15) is 0 Å². The third-order valence-corrected chi connectivity index (χ3v) is 2.72. The zero-order valence-corrected chi connectivity index (χ0v) is 11.7. The fourth-order valence-corrected chi connectivity index (χ4v) is 1.64. The summed E-state index contributed by atoms with van der Waals surface area (Å²) in [4.78, 5) is 0. The first-order valence-electron chi connectivity index (χ1n) is 5.49. The SMILES string of the molecule is COCC(OCC(C)C)c1ccc(Br)cc1. The van der Waals surface area contributed by atoms with Crippen LogP contribution in [0, 0.1) is 5.92 Å². The molecule has 0 radical (unpaired) electrons. The number of hydrogen-bond acceptors (Lipinski definition) is 2. The highest BCUT2D eigenvalue weighted by molar-refractivity contribution is 9.10. The van der Waals surface area contributed by atoms with E-state index in [4.69, 9.17) is 9.47 Å². The summed E-state index contributed by atoms with van der Waals surface area (Å²) in [6, 6.07) is 8.18. The molecule has 0 aliphatic rings. The summed E-state index contributed by atoms with van der Waals surface area (Å²) < 4.78 is 12.1. The van der Waals surface area contributed by atoms with Gasteiger partial charge in [-0.05, 0) is 23.6 Å². The van der Waals surface area contributed by atoms with Crippen molar-refractivity contribution >= 4 is 15.9 Å². The highest BCUT2D eigenvalue weighted by atomic mass is 79.9. The first-order chi connectivity index (χ1) is 7.63. The Labute approximate surface area is 106 Å². The van der Waals surface area contributed by atoms with E-state index in [0.29, 0.717) is 12.5 Å². The van der Waals surface area contributed by atoms with Crippen molar-refractivity contribution in [3.05, 3.63) is 34.3 Å². The molecule has 0 aromatic heterocycles. The van der Waals surface area contributed by atoms with Crippen molar-refractivity contribution in [2.45, 2.75) is 20.0 Å². The first kappa shape index (κ1) is 13.7. The average molecular weight is 287 g/mol. The molecule has 0 N–H and O–H groups in total. The lowest BCUT2D eigenvalue weighted by molar-refractivity contribution is -0.0143. The lowest BCUT2D eigenvalue weighted by Gasteiger charge is -2.19. The van der Waals surface area contributed by atoms with Crippen LogP contribution in [-0.4, -0.2) is 20.3 Å². The van der Waals surface area contributed by atoms with E-state index >= 15 is 0 Å². The van der Waals surface area contributed by atoms with E-state index in [1.54, 1.807) is 7.11 Å². The number of hydrogen-bond donors (Lipinski definition) is 0. The maximum absolute atomic E-state index is 5.83. The van der Waals surface area contributed by atoms with Crippen LogP contribution in [0.4, 0.5) is 0 Å². The number of ether oxygens (including phenoxy) is 2. The van der Waals surface area contributed by atoms with Crippen LogP contribution in [0.15, 0.2) is 28.7 Å². The number of benzene rings is 1. The molecule has 16 heavy (non-hydrogen) atoms. The van der Waals surface area contributed by atoms with Crippen molar-refractivity contribution < 1.29 is 9.47 Å². The second-order valence-electron chi connectivity index (χ2n) is 4.22. The third kappa shape index (κ3) is 4.64. The third-order valence-electron chi connectivity index (χ3n) is 2.19. The van der Waals surface area contributed by atoms with Crippen molar-refractivity contribution in [3.8, 4) is 0 Å². The summed E-state index contributed by atoms with van der Waals surface area (Å²) in [6.07, 6.45) is 0.0282. The maximum atomic E-state index is 5.83. The van der Waals surface area contributed by atoms with Crippen molar-refractivity contribution in [2.75, 3.05) is 20.3 Å². The van der Waals surface area contributed by atoms with Gasteiger partial charge < -0.3 is 9.47 Å². The lowest BCUT2D eigenvalue weighted by atomic mass is 10.1. The van der Waals surface area contributed by atoms with Crippen molar-refractivity contribution in [1.29, 1.82) is 0 Å². The molecule has 1 aromatic carbocycles. The Kier molecular flexibility index (Phi) is 6.03. The van der Waals surface area contributed by atoms with Gasteiger partial charge in [0, 0.05) is 18.2 Å². The van der Waals surface area contributed by atoms with Gasteiger partial charge in [0.2, 0.25) is 0 Å². The van der Waals surface area contributed by atoms with Crippen LogP contribution in [0.2, 0.25) is 0 Å². The molecule has 0 bridgehead atoms. The molecule has 0 spiro atoms. The molecule has 0 aliphatic carbocycles. The molecule has 0 saturated carbocycles. The Hall–Kier alpha value is -0.380. The van der Waals surface area contributed by atoms with Crippen molar-refractivity contribution in [1.82, 2.24) is 0 Å². The number of methoxy groups -OCH3 is 1. The molecule has 0 saturated heterocycles. The number of rotatable bonds is 6. The Bertz CT molecular complexity index is 295. The monoisotopic (exact) mass is 286 g/mol. The van der Waals surface area contributed by atoms with Crippen LogP contribution >= 0.6 is 15.9 Å². The second kappa shape index (κ2) is 7.05. The van der Waals surface area contributed by atoms with Gasteiger partial charge in [0.1, 0.15) is 6.10 Å². The molecule has 0 aliphatic heterocycles. The van der Waals surface area contributed by atoms with Gasteiger partial charge in [0.05, 0.1) is 6.61 Å². The molecular weight excluding hydrogens is 268 g/mol. The first-order valence-corrected chi connectivity index (χ1v) is 6.28. The summed E-state index contributed by atoms with van der Waals surface area (Å²) >= 11 is 3.42. The summed E-state index contributed by atoms with van der Waals surface area (Å²) in [5, 5.41) is 0. The Morgan fingerprint density at radius 3 is 2.25 bits per heavy atom. The minimum atomic E-state index is 0.0282. The molecule has 90 valence electrons. The summed E-state index contributed by atoms with van der Waals surface area (Å²) in [5.41, 5.74) is 1.16. The predicted octanol–water partition coefficient (Wildman–Crippen LogP) is 3.81. The molecule has 2 nitrogen and oxygen atoms in total. The molecule has 1 unspecified atom stereocenters. The molecule has 1 aromatic rings. The van der Waals surface area contributed by atoms with Crippen LogP contribution in [0.25, 0.3) is 0 Å². The van der Waals surface area contributed by atoms with Crippen LogP contribution in [0.3, 0.4) is 0 Å². The van der Waals surface area contributed by atoms with Gasteiger partial charge in [0.25, 0.3) is 0 Å². The van der Waals surface area contributed by atoms with Gasteiger partial charge in [-0.25, -0.2) is 0 Å². The standard InChI is InChI=1S/C13H19BrO2/c1-10(2)8-16-13(9-15-3)11-4-6-12(14)7-5-11/h4-7,10,13H,8-9H2,1-3H3. The summed E-state index contributed by atoms with van der Waals surface area (Å²) in [6.45, 7) is 5.63. The normalized spacial score (nSPS) is 13.1. The molecule has 0 heterocycles. The average Bonchev–Trinajstić information content (AvgIpc) is 2.25. The maximum Gasteiger partial charge on any atom is 0.106 e. The topological polar surface area (TPSA) is 18.5 Å². The van der Waals surface area contributed by atoms with Gasteiger partial charge in [0.15, 0.2) is 0 Å². The van der Waals surface area contributed by atoms with Gasteiger partial charge in [-0.3, -0.25) is 0 Å². The van der Waals surface area contributed by atoms with Crippen LogP contribution < -0.4 is 0 Å². The zero-order chi connectivity index (χ0) is 12.0. The van der Waals surface area contributed by atoms with Gasteiger partial charge in [-0.15, -0.1) is 0 Å². The molecule has 3 heteroatoms. The van der Waals surface area contributed by atoms with E-state index in [1.165, 1.54) is 0 Å². The van der Waals surface area contributed by atoms with Crippen molar-refractivity contribution in [3.63, 3.8) is 0 Å². The van der Waals surface area contributed by atoms with Crippen LogP contribution in [0.5, 0.6) is 0 Å². The van der Waals surface area contributed by atoms with E-state index in [2.05, 4.69) is 41.9 Å². The quantitative estimate of drug-likeness (QED) is 0.792. The Morgan fingerprint density at radius 1 is 1.12 bits per heavy atom. The highest BCUT2D eigenvalue weighted by Gasteiger charge is 2.12. The largest absolute Gasteiger partial charge is 0.382 e. The summed E-state index contributed by atoms with van der Waals surface area (Å²) in [5.74, 6) is 0.537. The zero-order valence-electron chi connectivity index (χ0n) is 10.1. The Morgan fingerprint density at radius 2 is 1.75 bits per heavy atom. The van der Waals surface area contributed by atoms with E-state index in [1.807, 2.05) is 12.1 Å². The van der Waals surface area contributed by atoms with E-state index in [9.17, 15) is 0 Å². The van der Waals surface area contributed by atoms with E-state index in [0.717, 1.165) is 16.6 Å². The predicted molar refractivity (Wildman–Crippen MR) is 69.5 cm³/mol. The van der Waals surface area contributed by atoms with Crippen molar-refractivity contribution in [2.24, 2.45) is 5.92 Å². The highest BCUT2D eigenvalue weighted by Crippen LogP contribution is 2.21. The van der Waals surface area contributed by atoms with E-state index < -0.39 is 0 Å². The minimum Gasteiger partial charge on any atom is -0.382 e. The van der Waals surface area contributed by atoms with Crippen LogP contribution in [-0.2, 0) is 9.47 Å². The van der Waals surface area contributed by atoms with Gasteiger partial charge in [-0.1, -0.05) is 41.9 Å². The second-order valence-corrected chi connectivity index (χ2v) is 5.14. The van der Waals surface area contributed by atoms with Crippen LogP contribution in [0.1, 0.15) is 25.5 Å². The fourth-order valence-electron chi connectivity index (χ4n) is 1.38. The lowest BCUT2D eigenvalue weighted by Crippen LogP contribution is -2.14. The van der Waals surface area contributed by atoms with Gasteiger partial charge >= 0.3 is 0 Å². The smallest absolute Gasteiger partial charge is 0.106 e. The molecule has 0 fully saturated rings. The number of halogens is 1. The van der Waals surface area contributed by atoms with E-state index in [-0.39, 0.29) is 6.10 Å². The summed E-state index contributed by atoms with van der Waals surface area (Å²) in [7, 11) is 1.70. The Balaban J connectivity index is 2.64. The minimum absolute atomic E-state index is 0.0282. The molecular formula is C13H19BrO2. The molecule has 1 atom stereocenters.